The van der Waals surface area contributed by atoms with Crippen molar-refractivity contribution in [1.29, 1.82) is 0 Å². The summed E-state index contributed by atoms with van der Waals surface area (Å²) >= 11 is 63.1. The van der Waals surface area contributed by atoms with Crippen molar-refractivity contribution in [3.8, 4) is 23.0 Å². The summed E-state index contributed by atoms with van der Waals surface area (Å²) in [6.45, 7) is 0. The van der Waals surface area contributed by atoms with Crippen LogP contribution in [0.25, 0.3) is 0 Å². The number of hydrogen-bond acceptors (Lipinski definition) is 12. The van der Waals surface area contributed by atoms with Crippen LogP contribution < -0.4 is 0 Å². The quantitative estimate of drug-likeness (QED) is 0.0911. The topological polar surface area (TPSA) is 243 Å². The molecule has 0 unspecified atom stereocenters. The van der Waals surface area contributed by atoms with E-state index in [0.717, 1.165) is 56.9 Å². The van der Waals surface area contributed by atoms with Gasteiger partial charge in [0.25, 0.3) is 20.1 Å². The predicted octanol–water partition coefficient (Wildman–Crippen LogP) is 6.44. The van der Waals surface area contributed by atoms with Gasteiger partial charge in [-0.1, -0.05) is 92.8 Å². The SMILES string of the molecule is CO.CO.CO.CO.CO.CO.CO.CO.Oc1c(Cl)cc(Cl)cc1[ClH+].Oc1c(Cl)cc(Cl)cc1[ClH+].Oc1c(Cl)cc(Cl)cc1[ClH+].Oc1c(Cl)cc(Cl)cc1[ClH+].[Co].[Co].[Co].[Co]. The Hall–Kier alpha value is 1.27. The summed E-state index contributed by atoms with van der Waals surface area (Å²) < 4.78 is 0. The van der Waals surface area contributed by atoms with Crippen LogP contribution >= 0.6 is 92.8 Å². The maximum absolute atomic E-state index is 9.04. The number of aromatic hydroxyl groups is 4. The number of phenolic OH excluding ortho intramolecular Hbond substituents is 4. The Morgan fingerprint density at radius 3 is 0.450 bits per heavy atom. The fourth-order valence-corrected chi connectivity index (χ4v) is 5.57. The van der Waals surface area contributed by atoms with Crippen molar-refractivity contribution >= 4 is 92.8 Å². The smallest absolute Gasteiger partial charge is 0.270 e. The fraction of sp³-hybridized carbons (Fsp3) is 0.250. The van der Waals surface area contributed by atoms with Crippen LogP contribution in [-0.4, -0.2) is 118 Å². The molecule has 4 rings (SSSR count). The maximum Gasteiger partial charge on any atom is 0.270 e. The van der Waals surface area contributed by atoms with Crippen molar-refractivity contribution in [3.05, 3.63) is 109 Å². The van der Waals surface area contributed by atoms with E-state index in [-0.39, 0.29) is 130 Å². The summed E-state index contributed by atoms with van der Waals surface area (Å²) in [7, 11) is 8.00. The molecule has 12 N–H and O–H groups in total. The molecule has 4 radical (unpaired) electrons. The molecule has 0 saturated carbocycles. The zero-order valence-electron chi connectivity index (χ0n) is 32.0. The van der Waals surface area contributed by atoms with E-state index in [9.17, 15) is 0 Å². The van der Waals surface area contributed by atoms with Gasteiger partial charge in [0.1, 0.15) is 0 Å². The molecule has 0 fully saturated rings. The standard InChI is InChI=1S/4C6H3Cl3O.8CH4O.4Co/c4*7-3-1-4(8)6(10)5(9)2-3;8*1-2;;;;/h4*1-2,8H;8*2H,1H3;;;;/p+4. The average Bonchev–Trinajstić information content (AvgIpc) is 3.21. The zero-order valence-corrected chi connectivity index (χ0v) is 45.5. The van der Waals surface area contributed by atoms with E-state index in [1.807, 2.05) is 0 Å². The van der Waals surface area contributed by atoms with Gasteiger partial charge in [-0.25, -0.2) is 0 Å². The molecular weight excluding hydrogens is 1240 g/mol. The van der Waals surface area contributed by atoms with Gasteiger partial charge >= 0.3 is 0 Å². The van der Waals surface area contributed by atoms with Crippen molar-refractivity contribution < 1.29 is 175 Å². The number of phenols is 4. The van der Waals surface area contributed by atoms with Crippen LogP contribution in [0.4, 0.5) is 0 Å². The van der Waals surface area contributed by atoms with Crippen molar-refractivity contribution in [1.82, 2.24) is 0 Å². The molecule has 60 heavy (non-hydrogen) atoms. The molecular formula is C32H48Cl12Co4O12+4. The van der Waals surface area contributed by atoms with Crippen LogP contribution in [-0.2, 0) is 67.1 Å². The number of hydrogen-bond donors (Lipinski definition) is 12. The van der Waals surface area contributed by atoms with Crippen LogP contribution in [0.15, 0.2) is 48.5 Å². The number of benzene rings is 4. The first kappa shape index (κ1) is 91.7. The third-order valence-corrected chi connectivity index (χ3v) is 7.24. The minimum absolute atomic E-state index is 0. The Bertz CT molecular complexity index is 1220. The maximum atomic E-state index is 9.04. The first-order chi connectivity index (χ1) is 26.4. The van der Waals surface area contributed by atoms with E-state index in [1.54, 1.807) is 0 Å². The van der Waals surface area contributed by atoms with E-state index in [2.05, 4.69) is 0 Å². The summed E-state index contributed by atoms with van der Waals surface area (Å²) in [6.07, 6.45) is 0. The number of aliphatic hydroxyl groups is 8. The molecule has 0 aliphatic rings. The molecule has 12 nitrogen and oxygen atoms in total. The van der Waals surface area contributed by atoms with Gasteiger partial charge in [-0.2, -0.15) is 0 Å². The van der Waals surface area contributed by atoms with Gasteiger partial charge in [0.05, 0.1) is 20.1 Å². The average molecular weight is 1290 g/mol. The minimum Gasteiger partial charge on any atom is -0.502 e. The van der Waals surface area contributed by atoms with Crippen LogP contribution in [0, 0.1) is 46.4 Å². The van der Waals surface area contributed by atoms with Crippen molar-refractivity contribution in [2.45, 2.75) is 0 Å². The summed E-state index contributed by atoms with van der Waals surface area (Å²) in [6, 6.07) is 11.6. The fourth-order valence-electron chi connectivity index (χ4n) is 2.17. The molecule has 0 amide bonds. The first-order valence-electron chi connectivity index (χ1n) is 13.4. The van der Waals surface area contributed by atoms with Gasteiger partial charge in [-0.3, -0.25) is 0 Å². The molecule has 4 aromatic carbocycles. The van der Waals surface area contributed by atoms with Crippen LogP contribution in [0.5, 0.6) is 23.0 Å². The molecule has 364 valence electrons. The minimum atomic E-state index is -0.0823. The second-order valence-electron chi connectivity index (χ2n) is 6.94. The predicted molar refractivity (Wildman–Crippen MR) is 220 cm³/mol. The first-order valence-corrected chi connectivity index (χ1v) is 18.1. The van der Waals surface area contributed by atoms with E-state index < -0.39 is 0 Å². The summed E-state index contributed by atoms with van der Waals surface area (Å²) in [5, 5.41) is 95.8. The molecule has 0 aromatic heterocycles. The van der Waals surface area contributed by atoms with Crippen LogP contribution in [0.3, 0.4) is 0 Å². The van der Waals surface area contributed by atoms with Gasteiger partial charge in [0, 0.05) is 168 Å². The second kappa shape index (κ2) is 64.5. The van der Waals surface area contributed by atoms with Crippen molar-refractivity contribution in [2.75, 3.05) is 56.9 Å². The summed E-state index contributed by atoms with van der Waals surface area (Å²) in [5.41, 5.74) is 0. The number of halogens is 12. The normalized spacial score (nSPS) is 7.40. The molecule has 28 heteroatoms. The van der Waals surface area contributed by atoms with Gasteiger partial charge in [0.2, 0.25) is 23.0 Å². The summed E-state index contributed by atoms with van der Waals surface area (Å²) in [5.74, 6) is -0.329. The Labute approximate surface area is 451 Å². The van der Waals surface area contributed by atoms with E-state index in [0.29, 0.717) is 20.1 Å². The molecule has 0 aliphatic carbocycles. The summed E-state index contributed by atoms with van der Waals surface area (Å²) in [4.78, 5) is 0. The molecule has 0 atom stereocenters. The Morgan fingerprint density at radius 1 is 0.267 bits per heavy atom. The Balaban J connectivity index is -0.0000000450. The third kappa shape index (κ3) is 47.2. The van der Waals surface area contributed by atoms with Crippen molar-refractivity contribution in [3.63, 3.8) is 0 Å². The molecule has 4 aromatic rings. The third-order valence-electron chi connectivity index (χ3n) is 3.97. The van der Waals surface area contributed by atoms with E-state index in [4.69, 9.17) is 200 Å². The van der Waals surface area contributed by atoms with E-state index >= 15 is 0 Å². The Morgan fingerprint density at radius 2 is 0.367 bits per heavy atom. The molecule has 0 bridgehead atoms. The van der Waals surface area contributed by atoms with Gasteiger partial charge in [0.15, 0.2) is 46.4 Å². The zero-order chi connectivity index (χ0) is 46.9. The Kier molecular flexibility index (Phi) is 98.6. The van der Waals surface area contributed by atoms with Gasteiger partial charge in [-0.05, 0) is 24.3 Å². The molecule has 0 aliphatic heterocycles. The van der Waals surface area contributed by atoms with Gasteiger partial charge < -0.3 is 61.3 Å². The largest absolute Gasteiger partial charge is 0.502 e. The molecule has 0 heterocycles. The number of aliphatic hydroxyl groups excluding tert-OH is 8. The van der Waals surface area contributed by atoms with Crippen LogP contribution in [0.2, 0.25) is 60.3 Å². The number of rotatable bonds is 0. The van der Waals surface area contributed by atoms with Crippen molar-refractivity contribution in [2.24, 2.45) is 0 Å². The second-order valence-corrected chi connectivity index (χ2v) is 12.1. The monoisotopic (exact) mass is 1280 g/mol. The van der Waals surface area contributed by atoms with Crippen LogP contribution in [0.1, 0.15) is 0 Å². The molecule has 0 saturated heterocycles. The molecule has 0 spiro atoms. The van der Waals surface area contributed by atoms with E-state index in [1.165, 1.54) is 48.5 Å². The van der Waals surface area contributed by atoms with Gasteiger partial charge in [-0.15, -0.1) is 0 Å².